The lowest BCUT2D eigenvalue weighted by Crippen LogP contribution is -2.47. The molecule has 28 heavy (non-hydrogen) atoms. The summed E-state index contributed by atoms with van der Waals surface area (Å²) in [6.07, 6.45) is 0.150. The Morgan fingerprint density at radius 2 is 2.04 bits per heavy atom. The molecule has 10 heteroatoms. The van der Waals surface area contributed by atoms with Crippen molar-refractivity contribution in [3.63, 3.8) is 0 Å². The predicted octanol–water partition coefficient (Wildman–Crippen LogP) is 0.635. The first-order valence-corrected chi connectivity index (χ1v) is 8.59. The molecule has 0 saturated heterocycles. The first kappa shape index (κ1) is 19.4. The fraction of sp³-hybridized carbons (Fsp3) is 0.333. The fourth-order valence-corrected chi connectivity index (χ4v) is 3.13. The van der Waals surface area contributed by atoms with Gasteiger partial charge in [0.1, 0.15) is 23.3 Å². The zero-order valence-electron chi connectivity index (χ0n) is 14.9. The molecule has 1 aliphatic heterocycles. The number of hydrogen-bond acceptors (Lipinski definition) is 5. The number of fused-ring (bicyclic) bond motifs is 1. The van der Waals surface area contributed by atoms with Gasteiger partial charge in [0.05, 0.1) is 12.6 Å². The number of benzene rings is 1. The molecule has 1 aromatic heterocycles. The van der Waals surface area contributed by atoms with Crippen molar-refractivity contribution in [1.82, 2.24) is 14.5 Å². The highest BCUT2D eigenvalue weighted by atomic mass is 19.2. The van der Waals surface area contributed by atoms with E-state index in [4.69, 9.17) is 11.5 Å². The van der Waals surface area contributed by atoms with E-state index in [1.54, 1.807) is 4.57 Å². The second-order valence-corrected chi connectivity index (χ2v) is 6.49. The van der Waals surface area contributed by atoms with Crippen LogP contribution in [-0.2, 0) is 22.7 Å². The van der Waals surface area contributed by atoms with E-state index in [0.717, 1.165) is 12.1 Å². The molecule has 0 bridgehead atoms. The normalized spacial score (nSPS) is 14.3. The Bertz CT molecular complexity index is 981. The molecule has 0 radical (unpaired) electrons. The monoisotopic (exact) mass is 388 g/mol. The molecule has 0 aliphatic carbocycles. The minimum atomic E-state index is -1.04. The van der Waals surface area contributed by atoms with Crippen LogP contribution in [0.3, 0.4) is 0 Å². The van der Waals surface area contributed by atoms with Crippen molar-refractivity contribution in [3.05, 3.63) is 41.4 Å². The molecule has 3 rings (SSSR count). The summed E-state index contributed by atoms with van der Waals surface area (Å²) in [6.45, 7) is 0.725. The number of nitrogens with two attached hydrogens (primary N) is 2. The summed E-state index contributed by atoms with van der Waals surface area (Å²) < 4.78 is 28.4. The lowest BCUT2D eigenvalue weighted by molar-refractivity contribution is -0.134. The van der Waals surface area contributed by atoms with Crippen molar-refractivity contribution >= 4 is 11.8 Å². The molecule has 2 amide bonds. The Kier molecular flexibility index (Phi) is 5.37. The molecule has 0 spiro atoms. The highest BCUT2D eigenvalue weighted by molar-refractivity contribution is 5.83. The van der Waals surface area contributed by atoms with Crippen LogP contribution >= 0.6 is 0 Å². The average Bonchev–Trinajstić information content (AvgIpc) is 3.05. The summed E-state index contributed by atoms with van der Waals surface area (Å²) in [6, 6.07) is 4.47. The van der Waals surface area contributed by atoms with Crippen molar-refractivity contribution in [1.29, 1.82) is 5.26 Å². The molecule has 146 valence electrons. The third-order valence-electron chi connectivity index (χ3n) is 4.60. The first-order chi connectivity index (χ1) is 13.3. The number of rotatable bonds is 5. The highest BCUT2D eigenvalue weighted by Crippen LogP contribution is 2.27. The lowest BCUT2D eigenvalue weighted by Gasteiger charge is -2.29. The second kappa shape index (κ2) is 7.74. The maximum Gasteiger partial charge on any atom is 0.239 e. The van der Waals surface area contributed by atoms with Crippen molar-refractivity contribution in [3.8, 4) is 17.3 Å². The number of nitrogens with zero attached hydrogens (tertiary/aromatic N) is 4. The average molecular weight is 388 g/mol. The summed E-state index contributed by atoms with van der Waals surface area (Å²) in [4.78, 5) is 29.2. The van der Waals surface area contributed by atoms with E-state index in [1.165, 1.54) is 11.0 Å². The number of amides is 2. The molecule has 0 fully saturated rings. The van der Waals surface area contributed by atoms with Crippen molar-refractivity contribution in [2.75, 3.05) is 6.54 Å². The number of imidazole rings is 1. The van der Waals surface area contributed by atoms with Gasteiger partial charge in [0.25, 0.3) is 0 Å². The topological polar surface area (TPSA) is 131 Å². The van der Waals surface area contributed by atoms with Crippen LogP contribution in [0, 0.1) is 23.0 Å². The second-order valence-electron chi connectivity index (χ2n) is 6.49. The lowest BCUT2D eigenvalue weighted by atomic mass is 10.1. The minimum absolute atomic E-state index is 0.00817. The minimum Gasteiger partial charge on any atom is -0.370 e. The van der Waals surface area contributed by atoms with Crippen LogP contribution in [0.2, 0.25) is 0 Å². The van der Waals surface area contributed by atoms with Gasteiger partial charge in [-0.1, -0.05) is 0 Å². The molecular formula is C18H18F2N6O2. The van der Waals surface area contributed by atoms with Crippen LogP contribution in [-0.4, -0.2) is 38.9 Å². The summed E-state index contributed by atoms with van der Waals surface area (Å²) in [7, 11) is 0. The van der Waals surface area contributed by atoms with E-state index < -0.39 is 23.6 Å². The number of hydrogen-bond donors (Lipinski definition) is 2. The van der Waals surface area contributed by atoms with Gasteiger partial charge in [-0.15, -0.1) is 0 Å². The third kappa shape index (κ3) is 3.70. The molecule has 1 aromatic carbocycles. The van der Waals surface area contributed by atoms with Crippen LogP contribution in [0.1, 0.15) is 24.4 Å². The van der Waals surface area contributed by atoms with Gasteiger partial charge in [-0.25, -0.2) is 13.8 Å². The predicted molar refractivity (Wildman–Crippen MR) is 94.1 cm³/mol. The van der Waals surface area contributed by atoms with Gasteiger partial charge >= 0.3 is 0 Å². The van der Waals surface area contributed by atoms with Gasteiger partial charge in [-0.05, 0) is 24.6 Å². The number of carbonyl (C=O) groups excluding carboxylic acids is 2. The molecule has 2 heterocycles. The van der Waals surface area contributed by atoms with E-state index in [0.29, 0.717) is 18.9 Å². The van der Waals surface area contributed by atoms with Gasteiger partial charge in [-0.3, -0.25) is 9.59 Å². The Balaban J connectivity index is 1.85. The number of aromatic nitrogens is 2. The van der Waals surface area contributed by atoms with E-state index in [-0.39, 0.29) is 42.2 Å². The largest absolute Gasteiger partial charge is 0.370 e. The van der Waals surface area contributed by atoms with Gasteiger partial charge in [0.15, 0.2) is 11.6 Å². The Morgan fingerprint density at radius 3 is 2.68 bits per heavy atom. The SMILES string of the molecule is N#Cc1c(-c2ccc(F)c(F)c2)nc2n1CCN(C(=O)[C@@H](N)CCC(N)=O)C2. The summed E-state index contributed by atoms with van der Waals surface area (Å²) in [5, 5.41) is 9.51. The summed E-state index contributed by atoms with van der Waals surface area (Å²) in [5.41, 5.74) is 11.6. The van der Waals surface area contributed by atoms with Gasteiger partial charge in [-0.2, -0.15) is 5.26 Å². The molecule has 8 nitrogen and oxygen atoms in total. The molecule has 1 aliphatic rings. The molecule has 4 N–H and O–H groups in total. The van der Waals surface area contributed by atoms with Crippen LogP contribution < -0.4 is 11.5 Å². The first-order valence-electron chi connectivity index (χ1n) is 8.59. The van der Waals surface area contributed by atoms with Crippen LogP contribution in [0.5, 0.6) is 0 Å². The van der Waals surface area contributed by atoms with E-state index in [2.05, 4.69) is 4.98 Å². The Labute approximate surface area is 159 Å². The summed E-state index contributed by atoms with van der Waals surface area (Å²) in [5.74, 6) is -2.47. The molecular weight excluding hydrogens is 370 g/mol. The standard InChI is InChI=1S/C18H18F2N6O2/c19-11-2-1-10(7-12(11)20)17-14(8-21)26-6-5-25(9-16(26)24-17)18(28)13(22)3-4-15(23)27/h1-2,7,13H,3-6,9,22H2,(H2,23,27)/t13-/m0/s1. The molecule has 0 saturated carbocycles. The van der Waals surface area contributed by atoms with Gasteiger partial charge in [0, 0.05) is 25.1 Å². The number of primary amides is 1. The number of carbonyl (C=O) groups is 2. The van der Waals surface area contributed by atoms with Gasteiger partial charge < -0.3 is 20.9 Å². The quantitative estimate of drug-likeness (QED) is 0.776. The Hall–Kier alpha value is -3.32. The molecule has 0 unspecified atom stereocenters. The zero-order chi connectivity index (χ0) is 20.4. The van der Waals surface area contributed by atoms with Crippen LogP contribution in [0.15, 0.2) is 18.2 Å². The van der Waals surface area contributed by atoms with Crippen molar-refractivity contribution in [2.45, 2.75) is 32.0 Å². The zero-order valence-corrected chi connectivity index (χ0v) is 14.9. The van der Waals surface area contributed by atoms with E-state index in [9.17, 15) is 23.6 Å². The van der Waals surface area contributed by atoms with Crippen molar-refractivity contribution in [2.24, 2.45) is 11.5 Å². The van der Waals surface area contributed by atoms with E-state index in [1.807, 2.05) is 6.07 Å². The number of halogens is 2. The highest BCUT2D eigenvalue weighted by Gasteiger charge is 2.29. The van der Waals surface area contributed by atoms with Gasteiger partial charge in [0.2, 0.25) is 11.8 Å². The fourth-order valence-electron chi connectivity index (χ4n) is 3.13. The Morgan fingerprint density at radius 1 is 1.29 bits per heavy atom. The van der Waals surface area contributed by atoms with Crippen LogP contribution in [0.4, 0.5) is 8.78 Å². The van der Waals surface area contributed by atoms with Crippen molar-refractivity contribution < 1.29 is 18.4 Å². The summed E-state index contributed by atoms with van der Waals surface area (Å²) >= 11 is 0. The van der Waals surface area contributed by atoms with E-state index >= 15 is 0 Å². The maximum atomic E-state index is 13.6. The number of nitriles is 1. The maximum absolute atomic E-state index is 13.6. The third-order valence-corrected chi connectivity index (χ3v) is 4.60. The smallest absolute Gasteiger partial charge is 0.239 e. The molecule has 1 atom stereocenters. The molecule has 2 aromatic rings. The van der Waals surface area contributed by atoms with Crippen LogP contribution in [0.25, 0.3) is 11.3 Å².